The number of esters is 3. The first-order valence-corrected chi connectivity index (χ1v) is 21.1. The number of ether oxygens (including phenoxy) is 5. The van der Waals surface area contributed by atoms with E-state index in [9.17, 15) is 29.4 Å². The topological polar surface area (TPSA) is 208 Å². The van der Waals surface area contributed by atoms with Crippen molar-refractivity contribution in [1.29, 1.82) is 0 Å². The summed E-state index contributed by atoms with van der Waals surface area (Å²) in [4.78, 5) is 65.4. The van der Waals surface area contributed by atoms with Crippen molar-refractivity contribution in [3.05, 3.63) is 53.3 Å². The lowest BCUT2D eigenvalue weighted by molar-refractivity contribution is -0.159. The highest BCUT2D eigenvalue weighted by molar-refractivity contribution is 9.10. The molecule has 59 heavy (non-hydrogen) atoms. The molecule has 1 amide bonds. The Labute approximate surface area is 353 Å². The zero-order valence-corrected chi connectivity index (χ0v) is 35.7. The molecule has 1 aliphatic carbocycles. The van der Waals surface area contributed by atoms with Gasteiger partial charge in [0.25, 0.3) is 5.91 Å². The summed E-state index contributed by atoms with van der Waals surface area (Å²) >= 11 is 3.55. The number of nitrogens with one attached hydrogen (secondary N) is 1. The second-order valence-corrected chi connectivity index (χ2v) is 15.2. The van der Waals surface area contributed by atoms with Gasteiger partial charge in [0, 0.05) is 44.8 Å². The zero-order valence-electron chi connectivity index (χ0n) is 34.1. The van der Waals surface area contributed by atoms with Gasteiger partial charge >= 0.3 is 17.9 Å². The van der Waals surface area contributed by atoms with Crippen LogP contribution in [0.3, 0.4) is 0 Å². The van der Waals surface area contributed by atoms with Crippen LogP contribution in [-0.4, -0.2) is 126 Å². The number of allylic oxidation sites excluding steroid dienone is 2. The molecule has 1 aliphatic heterocycles. The number of hydrogen-bond donors (Lipinski definition) is 3. The molecule has 1 saturated carbocycles. The standard InChI is InChI=1S/C42H58BrN5O11/c1-4-5-10-29(13-14-31-30(34(49)27-35(31)50)11-8-6-7-9-12-36(51)57-26-25-56-24-23-55-3)59-38(53)18-17-37(52)58-28(2)41(54)48-22-21-46-42(48)47-32-15-16-33-40(39(32)43)45-20-19-44-33/h6,8,13-16,19-20,28-31,34-35,49-50H,4-5,7,9-12,17-18,21-27H2,1-3H3,(H,46,47)/b8-6-,14-13+/t28?,29-,30+,31+,34-,35+/m0/s1. The summed E-state index contributed by atoms with van der Waals surface area (Å²) in [7, 11) is 1.59. The molecule has 2 aliphatic rings. The van der Waals surface area contributed by atoms with E-state index in [2.05, 4.69) is 36.2 Å². The van der Waals surface area contributed by atoms with E-state index in [1.54, 1.807) is 37.7 Å². The lowest BCUT2D eigenvalue weighted by atomic mass is 9.89. The van der Waals surface area contributed by atoms with Gasteiger partial charge in [-0.15, -0.1) is 0 Å². The fourth-order valence-electron chi connectivity index (χ4n) is 6.77. The first-order chi connectivity index (χ1) is 28.5. The zero-order chi connectivity index (χ0) is 42.6. The van der Waals surface area contributed by atoms with Crippen molar-refractivity contribution in [3.63, 3.8) is 0 Å². The first kappa shape index (κ1) is 47.4. The molecule has 324 valence electrons. The van der Waals surface area contributed by atoms with E-state index in [1.807, 2.05) is 25.2 Å². The third kappa shape index (κ3) is 15.4. The summed E-state index contributed by atoms with van der Waals surface area (Å²) in [5.74, 6) is -2.35. The number of aliphatic hydroxyl groups is 2. The van der Waals surface area contributed by atoms with Crippen molar-refractivity contribution in [2.75, 3.05) is 51.9 Å². The third-order valence-electron chi connectivity index (χ3n) is 9.96. The molecule has 3 N–H and O–H groups in total. The summed E-state index contributed by atoms with van der Waals surface area (Å²) in [6.45, 7) is 5.62. The Kier molecular flexibility index (Phi) is 20.4. The van der Waals surface area contributed by atoms with E-state index < -0.39 is 42.3 Å². The van der Waals surface area contributed by atoms with Crippen molar-refractivity contribution >= 4 is 62.4 Å². The third-order valence-corrected chi connectivity index (χ3v) is 10.8. The lowest BCUT2D eigenvalue weighted by Crippen LogP contribution is -2.44. The number of carbonyl (C=O) groups is 4. The molecule has 1 unspecified atom stereocenters. The van der Waals surface area contributed by atoms with Crippen LogP contribution >= 0.6 is 15.9 Å². The number of benzene rings is 1. The minimum atomic E-state index is -1.13. The van der Waals surface area contributed by atoms with Crippen LogP contribution in [0.4, 0.5) is 5.69 Å². The van der Waals surface area contributed by atoms with E-state index in [0.717, 1.165) is 12.8 Å². The molecule has 6 atom stereocenters. The second kappa shape index (κ2) is 25.4. The predicted molar refractivity (Wildman–Crippen MR) is 223 cm³/mol. The van der Waals surface area contributed by atoms with Gasteiger partial charge in [0.15, 0.2) is 6.10 Å². The lowest BCUT2D eigenvalue weighted by Gasteiger charge is -2.23. The number of nitrogens with zero attached hydrogens (tertiary/aromatic N) is 4. The monoisotopic (exact) mass is 887 g/mol. The van der Waals surface area contributed by atoms with Gasteiger partial charge in [-0.25, -0.2) is 0 Å². The van der Waals surface area contributed by atoms with Crippen molar-refractivity contribution in [2.45, 2.75) is 102 Å². The summed E-state index contributed by atoms with van der Waals surface area (Å²) < 4.78 is 27.2. The number of fused-ring (bicyclic) bond motifs is 1. The van der Waals surface area contributed by atoms with Gasteiger partial charge in [0.1, 0.15) is 18.2 Å². The summed E-state index contributed by atoms with van der Waals surface area (Å²) in [5, 5.41) is 24.7. The normalized spacial score (nSPS) is 20.2. The molecule has 1 fully saturated rings. The number of carbonyl (C=O) groups excluding carboxylic acids is 4. The molecule has 0 radical (unpaired) electrons. The van der Waals surface area contributed by atoms with Crippen molar-refractivity contribution in [3.8, 4) is 0 Å². The van der Waals surface area contributed by atoms with Crippen LogP contribution in [0, 0.1) is 11.8 Å². The van der Waals surface area contributed by atoms with Gasteiger partial charge in [0.2, 0.25) is 5.96 Å². The second-order valence-electron chi connectivity index (χ2n) is 14.4. The van der Waals surface area contributed by atoms with E-state index >= 15 is 0 Å². The van der Waals surface area contributed by atoms with Crippen LogP contribution in [0.2, 0.25) is 0 Å². The Balaban J connectivity index is 1.20. The number of rotatable bonds is 24. The molecule has 17 heteroatoms. The van der Waals surface area contributed by atoms with E-state index in [-0.39, 0.29) is 50.1 Å². The van der Waals surface area contributed by atoms with Gasteiger partial charge in [0.05, 0.1) is 67.1 Å². The van der Waals surface area contributed by atoms with Crippen LogP contribution in [-0.2, 0) is 42.9 Å². The summed E-state index contributed by atoms with van der Waals surface area (Å²) in [6.07, 6.45) is 11.5. The number of unbranched alkanes of at least 4 members (excludes halogenated alkanes) is 2. The van der Waals surface area contributed by atoms with Crippen LogP contribution in [0.25, 0.3) is 11.0 Å². The molecule has 4 rings (SSSR count). The summed E-state index contributed by atoms with van der Waals surface area (Å²) in [6, 6.07) is 3.60. The first-order valence-electron chi connectivity index (χ1n) is 20.3. The average molecular weight is 889 g/mol. The van der Waals surface area contributed by atoms with Crippen molar-refractivity contribution in [2.24, 2.45) is 16.8 Å². The number of hydrogen-bond acceptors (Lipinski definition) is 15. The number of aliphatic hydroxyl groups excluding tert-OH is 2. The van der Waals surface area contributed by atoms with Gasteiger partial charge in [-0.05, 0) is 79.1 Å². The fraction of sp³-hybridized carbons (Fsp3) is 0.595. The Morgan fingerprint density at radius 1 is 0.966 bits per heavy atom. The van der Waals surface area contributed by atoms with Gasteiger partial charge in [-0.2, -0.15) is 0 Å². The van der Waals surface area contributed by atoms with Gasteiger partial charge in [-0.3, -0.25) is 39.0 Å². The number of anilines is 1. The number of aliphatic imine (C=N–C) groups is 1. The minimum Gasteiger partial charge on any atom is -0.463 e. The Hall–Kier alpha value is -4.29. The summed E-state index contributed by atoms with van der Waals surface area (Å²) in [5.41, 5.74) is 1.98. The quantitative estimate of drug-likeness (QED) is 0.0546. The fourth-order valence-corrected chi connectivity index (χ4v) is 7.31. The molecule has 0 bridgehead atoms. The molecule has 0 spiro atoms. The van der Waals surface area contributed by atoms with Crippen molar-refractivity contribution in [1.82, 2.24) is 14.9 Å². The predicted octanol–water partition coefficient (Wildman–Crippen LogP) is 5.05. The molecule has 1 aromatic carbocycles. The maximum atomic E-state index is 13.3. The molecule has 1 aromatic heterocycles. The number of methoxy groups -OCH3 is 1. The van der Waals surface area contributed by atoms with Crippen LogP contribution in [0.5, 0.6) is 0 Å². The Bertz CT molecular complexity index is 1780. The van der Waals surface area contributed by atoms with E-state index in [4.69, 9.17) is 23.7 Å². The largest absolute Gasteiger partial charge is 0.463 e. The Morgan fingerprint density at radius 3 is 2.51 bits per heavy atom. The highest BCUT2D eigenvalue weighted by Crippen LogP contribution is 2.36. The van der Waals surface area contributed by atoms with E-state index in [1.165, 1.54) is 11.8 Å². The number of aromatic nitrogens is 2. The number of halogens is 1. The van der Waals surface area contributed by atoms with Crippen LogP contribution in [0.15, 0.2) is 58.3 Å². The van der Waals surface area contributed by atoms with Gasteiger partial charge in [-0.1, -0.05) is 31.6 Å². The highest BCUT2D eigenvalue weighted by atomic mass is 79.9. The average Bonchev–Trinajstić information content (AvgIpc) is 3.80. The Morgan fingerprint density at radius 2 is 1.73 bits per heavy atom. The van der Waals surface area contributed by atoms with Crippen LogP contribution < -0.4 is 5.32 Å². The molecule has 2 aromatic rings. The molecule has 0 saturated heterocycles. The van der Waals surface area contributed by atoms with Crippen molar-refractivity contribution < 1.29 is 53.1 Å². The smallest absolute Gasteiger partial charge is 0.307 e. The number of guanidine groups is 1. The van der Waals surface area contributed by atoms with Crippen LogP contribution in [0.1, 0.15) is 78.1 Å². The maximum absolute atomic E-state index is 13.3. The molecular weight excluding hydrogens is 830 g/mol. The van der Waals surface area contributed by atoms with Gasteiger partial charge < -0.3 is 39.2 Å². The minimum absolute atomic E-state index is 0.200. The SMILES string of the molecule is CCCC[C@@H](/C=C/[C@@H]1[C@@H](C/C=C\CCCC(=O)OCCOCCOC)[C@@H](O)C[C@H]1O)OC(=O)CCC(=O)OC(C)C(=O)N1CCN=C1Nc1ccc2nccnc2c1Br. The highest BCUT2D eigenvalue weighted by Gasteiger charge is 2.39. The molecular formula is C42H58BrN5O11. The maximum Gasteiger partial charge on any atom is 0.307 e. The molecule has 16 nitrogen and oxygen atoms in total. The van der Waals surface area contributed by atoms with E-state index in [0.29, 0.717) is 85.7 Å². The molecule has 2 heterocycles. The number of amides is 1.